The van der Waals surface area contributed by atoms with Crippen LogP contribution in [0.2, 0.25) is 0 Å². The van der Waals surface area contributed by atoms with Gasteiger partial charge in [-0.25, -0.2) is 9.59 Å². The van der Waals surface area contributed by atoms with Crippen molar-refractivity contribution in [3.8, 4) is 34.5 Å². The molecule has 0 atom stereocenters. The second kappa shape index (κ2) is 13.7. The normalized spacial score (nSPS) is 10.9. The van der Waals surface area contributed by atoms with E-state index >= 15 is 0 Å². The Bertz CT molecular complexity index is 1130. The largest absolute Gasteiger partial charge is 0.490 e. The monoisotopic (exact) mass is 540 g/mol. The Morgan fingerprint density at radius 3 is 1.23 bits per heavy atom. The maximum Gasteiger partial charge on any atom is 0.338 e. The summed E-state index contributed by atoms with van der Waals surface area (Å²) in [5.74, 6) is 0.546. The lowest BCUT2D eigenvalue weighted by Crippen LogP contribution is -2.23. The van der Waals surface area contributed by atoms with Crippen LogP contribution in [0.4, 0.5) is 0 Å². The fraction of sp³-hybridized carbons (Fsp3) is 0.419. The van der Waals surface area contributed by atoms with Crippen molar-refractivity contribution in [2.24, 2.45) is 0 Å². The molecule has 0 aliphatic heterocycles. The Morgan fingerprint density at radius 2 is 0.949 bits per heavy atom. The molecule has 0 bridgehead atoms. The molecule has 8 heteroatoms. The molecular formula is C31H40O8. The van der Waals surface area contributed by atoms with Gasteiger partial charge in [-0.3, -0.25) is 0 Å². The van der Waals surface area contributed by atoms with Gasteiger partial charge in [-0.05, 0) is 53.7 Å². The van der Waals surface area contributed by atoms with Crippen LogP contribution in [0.3, 0.4) is 0 Å². The zero-order chi connectivity index (χ0) is 29.3. The van der Waals surface area contributed by atoms with E-state index in [4.69, 9.17) is 28.4 Å². The molecule has 0 amide bonds. The fourth-order valence-corrected chi connectivity index (χ4v) is 3.89. The minimum Gasteiger partial charge on any atom is -0.490 e. The van der Waals surface area contributed by atoms with Gasteiger partial charge >= 0.3 is 11.9 Å². The summed E-state index contributed by atoms with van der Waals surface area (Å²) < 4.78 is 35.2. The lowest BCUT2D eigenvalue weighted by atomic mass is 9.76. The molecule has 0 unspecified atom stereocenters. The van der Waals surface area contributed by atoms with E-state index in [1.165, 1.54) is 0 Å². The number of carbonyl (C=O) groups excluding carboxylic acids is 2. The van der Waals surface area contributed by atoms with E-state index in [0.29, 0.717) is 60.6 Å². The summed E-state index contributed by atoms with van der Waals surface area (Å²) >= 11 is 0. The lowest BCUT2D eigenvalue weighted by Gasteiger charge is -2.32. The third kappa shape index (κ3) is 7.13. The molecule has 0 spiro atoms. The molecule has 0 N–H and O–H groups in total. The maximum absolute atomic E-state index is 12.6. The highest BCUT2D eigenvalue weighted by Crippen LogP contribution is 2.52. The molecule has 0 radical (unpaired) electrons. The first-order valence-electron chi connectivity index (χ1n) is 13.1. The van der Waals surface area contributed by atoms with E-state index < -0.39 is 17.4 Å². The Morgan fingerprint density at radius 1 is 0.615 bits per heavy atom. The summed E-state index contributed by atoms with van der Waals surface area (Å²) in [6.07, 6.45) is 0. The maximum atomic E-state index is 12.6. The highest BCUT2D eigenvalue weighted by atomic mass is 16.6. The zero-order valence-corrected chi connectivity index (χ0v) is 24.3. The average molecular weight is 541 g/mol. The van der Waals surface area contributed by atoms with E-state index in [9.17, 15) is 9.59 Å². The zero-order valence-electron chi connectivity index (χ0n) is 24.3. The summed E-state index contributed by atoms with van der Waals surface area (Å²) in [5, 5.41) is 0. The topological polar surface area (TPSA) is 89.5 Å². The van der Waals surface area contributed by atoms with Gasteiger partial charge in [0.05, 0.1) is 26.4 Å². The summed E-state index contributed by atoms with van der Waals surface area (Å²) in [6, 6.07) is 7.20. The van der Waals surface area contributed by atoms with Crippen LogP contribution in [0.1, 0.15) is 66.5 Å². The molecule has 2 rings (SSSR count). The quantitative estimate of drug-likeness (QED) is 0.151. The molecule has 2 aromatic carbocycles. The van der Waals surface area contributed by atoms with Crippen LogP contribution >= 0.6 is 0 Å². The van der Waals surface area contributed by atoms with Gasteiger partial charge < -0.3 is 28.4 Å². The van der Waals surface area contributed by atoms with Gasteiger partial charge in [0.2, 0.25) is 11.5 Å². The third-order valence-electron chi connectivity index (χ3n) is 5.76. The number of carbonyl (C=O) groups is 2. The Kier molecular flexibility index (Phi) is 11.0. The van der Waals surface area contributed by atoms with E-state index in [1.807, 2.05) is 53.7 Å². The van der Waals surface area contributed by atoms with Crippen LogP contribution in [0.15, 0.2) is 48.6 Å². The van der Waals surface area contributed by atoms with Crippen molar-refractivity contribution in [3.05, 3.63) is 59.7 Å². The molecule has 0 aliphatic carbocycles. The minimum atomic E-state index is -0.806. The number of hydrogen-bond acceptors (Lipinski definition) is 8. The average Bonchev–Trinajstić information content (AvgIpc) is 2.87. The first-order chi connectivity index (χ1) is 18.4. The highest BCUT2D eigenvalue weighted by Gasteiger charge is 2.36. The number of esters is 2. The van der Waals surface area contributed by atoms with Gasteiger partial charge in [-0.1, -0.05) is 39.1 Å². The predicted octanol–water partition coefficient (Wildman–Crippen LogP) is 6.57. The lowest BCUT2D eigenvalue weighted by molar-refractivity contribution is -0.131. The van der Waals surface area contributed by atoms with Crippen LogP contribution < -0.4 is 28.4 Å². The molecule has 2 aromatic rings. The van der Waals surface area contributed by atoms with Gasteiger partial charge in [-0.15, -0.1) is 0 Å². The molecule has 0 saturated heterocycles. The second-order valence-electron chi connectivity index (χ2n) is 9.24. The van der Waals surface area contributed by atoms with Crippen molar-refractivity contribution in [3.63, 3.8) is 0 Å². The number of benzene rings is 2. The standard InChI is InChI=1S/C31H40O8/c1-11-34-23-17-15-21(25(36-13-3)27(23)38-29(32)19(5)6)31(9,10)22-16-18-24(35-12-2)28(26(22)37-14-4)39-30(33)20(7)8/h15-18H,5,7,11-14H2,1-4,6,8-10H3. The molecule has 212 valence electrons. The number of rotatable bonds is 14. The van der Waals surface area contributed by atoms with Gasteiger partial charge in [-0.2, -0.15) is 0 Å². The Hall–Kier alpha value is -3.94. The van der Waals surface area contributed by atoms with Crippen LogP contribution in [0, 0.1) is 0 Å². The minimum absolute atomic E-state index is 0.162. The second-order valence-corrected chi connectivity index (χ2v) is 9.24. The summed E-state index contributed by atoms with van der Waals surface area (Å²) in [7, 11) is 0. The van der Waals surface area contributed by atoms with Crippen molar-refractivity contribution < 1.29 is 38.0 Å². The summed E-state index contributed by atoms with van der Waals surface area (Å²) in [6.45, 7) is 23.1. The molecule has 0 fully saturated rings. The van der Waals surface area contributed by atoms with Gasteiger partial charge in [0.15, 0.2) is 23.0 Å². The summed E-state index contributed by atoms with van der Waals surface area (Å²) in [5.41, 5.74) is 1.05. The van der Waals surface area contributed by atoms with Gasteiger partial charge in [0, 0.05) is 27.7 Å². The molecule has 8 nitrogen and oxygen atoms in total. The molecule has 0 saturated carbocycles. The Labute approximate surface area is 231 Å². The van der Waals surface area contributed by atoms with Crippen molar-refractivity contribution in [1.29, 1.82) is 0 Å². The molecular weight excluding hydrogens is 500 g/mol. The number of hydrogen-bond donors (Lipinski definition) is 0. The predicted molar refractivity (Wildman–Crippen MR) is 151 cm³/mol. The smallest absolute Gasteiger partial charge is 0.338 e. The van der Waals surface area contributed by atoms with E-state index in [1.54, 1.807) is 26.0 Å². The van der Waals surface area contributed by atoms with Crippen LogP contribution in [0.25, 0.3) is 0 Å². The van der Waals surface area contributed by atoms with E-state index in [0.717, 1.165) is 0 Å². The van der Waals surface area contributed by atoms with Crippen molar-refractivity contribution in [2.45, 2.75) is 60.8 Å². The fourth-order valence-electron chi connectivity index (χ4n) is 3.89. The van der Waals surface area contributed by atoms with Crippen LogP contribution in [-0.2, 0) is 15.0 Å². The van der Waals surface area contributed by atoms with E-state index in [-0.39, 0.29) is 22.6 Å². The van der Waals surface area contributed by atoms with Crippen molar-refractivity contribution in [2.75, 3.05) is 26.4 Å². The van der Waals surface area contributed by atoms with Crippen LogP contribution in [0.5, 0.6) is 34.5 Å². The van der Waals surface area contributed by atoms with Crippen molar-refractivity contribution >= 4 is 11.9 Å². The Balaban J connectivity index is 2.89. The van der Waals surface area contributed by atoms with Gasteiger partial charge in [0.1, 0.15) is 0 Å². The molecule has 39 heavy (non-hydrogen) atoms. The van der Waals surface area contributed by atoms with Crippen molar-refractivity contribution in [1.82, 2.24) is 0 Å². The first kappa shape index (κ1) is 31.3. The van der Waals surface area contributed by atoms with Gasteiger partial charge in [0.25, 0.3) is 0 Å². The molecule has 0 aromatic heterocycles. The van der Waals surface area contributed by atoms with Crippen LogP contribution in [-0.4, -0.2) is 38.4 Å². The summed E-state index contributed by atoms with van der Waals surface area (Å²) in [4.78, 5) is 25.1. The highest BCUT2D eigenvalue weighted by molar-refractivity contribution is 5.90. The number of ether oxygens (including phenoxy) is 6. The third-order valence-corrected chi connectivity index (χ3v) is 5.76. The SMILES string of the molecule is C=C(C)C(=O)Oc1c(OCC)ccc(C(C)(C)c2ccc(OCC)c(OC(=O)C(=C)C)c2OCC)c1OCC. The first-order valence-corrected chi connectivity index (χ1v) is 13.1. The molecule has 0 heterocycles. The molecule has 0 aliphatic rings. The van der Waals surface area contributed by atoms with E-state index in [2.05, 4.69) is 13.2 Å².